The van der Waals surface area contributed by atoms with Crippen molar-refractivity contribution in [1.82, 2.24) is 4.90 Å². The van der Waals surface area contributed by atoms with Crippen molar-refractivity contribution < 1.29 is 48.4 Å². The number of hydrogen-bond donors (Lipinski definition) is 3. The van der Waals surface area contributed by atoms with Gasteiger partial charge in [-0.2, -0.15) is 0 Å². The molecule has 0 heterocycles. The van der Waals surface area contributed by atoms with Gasteiger partial charge in [0.1, 0.15) is 23.8 Å². The number of carbonyl (C=O) groups excluding carboxylic acids is 3. The fourth-order valence-corrected chi connectivity index (χ4v) is 4.26. The first-order valence-electron chi connectivity index (χ1n) is 13.9. The zero-order valence-corrected chi connectivity index (χ0v) is 24.7. The van der Waals surface area contributed by atoms with Crippen molar-refractivity contribution in [2.75, 3.05) is 25.6 Å². The number of methoxy groups -OCH3 is 1. The number of rotatable bonds is 14. The number of nitrogens with zero attached hydrogens (tertiary/aromatic N) is 1. The van der Waals surface area contributed by atoms with E-state index in [4.69, 9.17) is 19.3 Å². The summed E-state index contributed by atoms with van der Waals surface area (Å²) in [4.78, 5) is 61.5. The van der Waals surface area contributed by atoms with Gasteiger partial charge in [0.05, 0.1) is 19.1 Å². The molecule has 236 valence electrons. The monoisotopic (exact) mass is 626 g/mol. The van der Waals surface area contributed by atoms with Crippen molar-refractivity contribution in [3.8, 4) is 17.2 Å². The van der Waals surface area contributed by atoms with E-state index in [2.05, 4.69) is 5.32 Å². The van der Waals surface area contributed by atoms with Crippen molar-refractivity contribution >= 4 is 35.4 Å². The number of amides is 2. The van der Waals surface area contributed by atoms with E-state index in [1.54, 1.807) is 55.6 Å². The van der Waals surface area contributed by atoms with Crippen LogP contribution in [-0.4, -0.2) is 65.1 Å². The Bertz CT molecular complexity index is 1680. The molecular formula is C34H30N2O10. The van der Waals surface area contributed by atoms with Crippen LogP contribution in [0.2, 0.25) is 0 Å². The molecule has 3 N–H and O–H groups in total. The molecule has 4 rings (SSSR count). The van der Waals surface area contributed by atoms with E-state index < -0.39 is 37.0 Å². The lowest BCUT2D eigenvalue weighted by atomic mass is 10.1. The molecule has 0 aromatic heterocycles. The fraction of sp³-hybridized carbons (Fsp3) is 0.147. The molecule has 0 atom stereocenters. The third-order valence-electron chi connectivity index (χ3n) is 6.51. The Morgan fingerprint density at radius 1 is 0.674 bits per heavy atom. The van der Waals surface area contributed by atoms with Crippen LogP contribution >= 0.6 is 0 Å². The average molecular weight is 627 g/mol. The summed E-state index contributed by atoms with van der Waals surface area (Å²) < 4.78 is 15.5. The van der Waals surface area contributed by atoms with Gasteiger partial charge in [0.2, 0.25) is 5.91 Å². The van der Waals surface area contributed by atoms with Gasteiger partial charge in [-0.25, -0.2) is 9.59 Å². The lowest BCUT2D eigenvalue weighted by Crippen LogP contribution is -2.35. The van der Waals surface area contributed by atoms with Crippen LogP contribution in [-0.2, 0) is 27.3 Å². The van der Waals surface area contributed by atoms with Crippen molar-refractivity contribution in [3.05, 3.63) is 119 Å². The molecule has 0 radical (unpaired) electrons. The van der Waals surface area contributed by atoms with Gasteiger partial charge >= 0.3 is 17.9 Å². The van der Waals surface area contributed by atoms with Gasteiger partial charge in [0.25, 0.3) is 5.91 Å². The number of esters is 1. The zero-order chi connectivity index (χ0) is 33.1. The predicted molar refractivity (Wildman–Crippen MR) is 165 cm³/mol. The number of hydrogen-bond acceptors (Lipinski definition) is 8. The molecule has 12 heteroatoms. The maximum absolute atomic E-state index is 13.2. The minimum absolute atomic E-state index is 0.0302. The Kier molecular flexibility index (Phi) is 11.0. The smallest absolute Gasteiger partial charge is 0.343 e. The second-order valence-corrected chi connectivity index (χ2v) is 9.95. The van der Waals surface area contributed by atoms with Crippen molar-refractivity contribution in [3.63, 3.8) is 0 Å². The van der Waals surface area contributed by atoms with Crippen LogP contribution in [0.15, 0.2) is 97.1 Å². The number of anilines is 1. The Morgan fingerprint density at radius 2 is 1.24 bits per heavy atom. The molecule has 4 aromatic carbocycles. The van der Waals surface area contributed by atoms with E-state index in [1.165, 1.54) is 48.5 Å². The third kappa shape index (κ3) is 9.67. The second-order valence-electron chi connectivity index (χ2n) is 9.95. The summed E-state index contributed by atoms with van der Waals surface area (Å²) in [5, 5.41) is 20.9. The molecule has 0 saturated heterocycles. The first-order valence-corrected chi connectivity index (χ1v) is 13.9. The molecule has 4 aromatic rings. The van der Waals surface area contributed by atoms with E-state index >= 15 is 0 Å². The lowest BCUT2D eigenvalue weighted by Gasteiger charge is -2.21. The summed E-state index contributed by atoms with van der Waals surface area (Å²) in [6.45, 7) is -1.09. The van der Waals surface area contributed by atoms with Gasteiger partial charge in [-0.05, 0) is 83.9 Å². The highest BCUT2D eigenvalue weighted by Crippen LogP contribution is 2.19. The van der Waals surface area contributed by atoms with Crippen LogP contribution in [0.25, 0.3) is 0 Å². The van der Waals surface area contributed by atoms with Gasteiger partial charge in [-0.15, -0.1) is 0 Å². The largest absolute Gasteiger partial charge is 0.497 e. The van der Waals surface area contributed by atoms with E-state index in [9.17, 15) is 29.1 Å². The standard InChI is InChI=1S/C34H30N2O10/c1-44-27-12-2-22(3-13-27)18-30(37)35-26-10-6-24(7-11-26)33(42)36(20-31(38)39)19-23-4-14-29(15-5-23)46-34(43)25-8-16-28(17-9-25)45-21-32(40)41/h2-17H,18-21H2,1H3,(H,35,37)(H,38,39)(H,40,41). The number of aliphatic carboxylic acids is 2. The van der Waals surface area contributed by atoms with Crippen molar-refractivity contribution in [2.24, 2.45) is 0 Å². The molecule has 46 heavy (non-hydrogen) atoms. The van der Waals surface area contributed by atoms with Gasteiger partial charge in [-0.1, -0.05) is 24.3 Å². The zero-order valence-electron chi connectivity index (χ0n) is 24.7. The summed E-state index contributed by atoms with van der Waals surface area (Å²) in [6.07, 6.45) is 0.147. The van der Waals surface area contributed by atoms with E-state index in [0.717, 1.165) is 10.5 Å². The normalized spacial score (nSPS) is 10.4. The number of carboxylic acid groups (broad SMARTS) is 2. The first-order chi connectivity index (χ1) is 22.1. The van der Waals surface area contributed by atoms with Crippen LogP contribution in [0, 0.1) is 0 Å². The average Bonchev–Trinajstić information content (AvgIpc) is 3.04. The highest BCUT2D eigenvalue weighted by Gasteiger charge is 2.20. The molecule has 0 bridgehead atoms. The number of ether oxygens (including phenoxy) is 3. The molecule has 12 nitrogen and oxygen atoms in total. The molecule has 0 unspecified atom stereocenters. The Balaban J connectivity index is 1.34. The number of carbonyl (C=O) groups is 5. The molecular weight excluding hydrogens is 596 g/mol. The number of carboxylic acids is 2. The molecule has 0 spiro atoms. The summed E-state index contributed by atoms with van der Waals surface area (Å²) in [6, 6.07) is 25.3. The summed E-state index contributed by atoms with van der Waals surface area (Å²) >= 11 is 0. The minimum Gasteiger partial charge on any atom is -0.497 e. The predicted octanol–water partition coefficient (Wildman–Crippen LogP) is 4.29. The summed E-state index contributed by atoms with van der Waals surface area (Å²) in [7, 11) is 1.56. The van der Waals surface area contributed by atoms with Crippen LogP contribution in [0.5, 0.6) is 17.2 Å². The number of benzene rings is 4. The van der Waals surface area contributed by atoms with Crippen LogP contribution in [0.4, 0.5) is 5.69 Å². The van der Waals surface area contributed by atoms with Crippen LogP contribution in [0.3, 0.4) is 0 Å². The van der Waals surface area contributed by atoms with Gasteiger partial charge in [0, 0.05) is 17.8 Å². The summed E-state index contributed by atoms with van der Waals surface area (Å²) in [5.74, 6) is -2.54. The maximum atomic E-state index is 13.2. The molecule has 0 aliphatic rings. The van der Waals surface area contributed by atoms with Crippen LogP contribution < -0.4 is 19.5 Å². The molecule has 0 aliphatic heterocycles. The first kappa shape index (κ1) is 32.7. The molecule has 0 saturated carbocycles. The molecule has 0 aliphatic carbocycles. The Hall–Kier alpha value is -6.17. The maximum Gasteiger partial charge on any atom is 0.343 e. The van der Waals surface area contributed by atoms with Gasteiger partial charge in [-0.3, -0.25) is 14.4 Å². The van der Waals surface area contributed by atoms with E-state index in [0.29, 0.717) is 17.0 Å². The van der Waals surface area contributed by atoms with Crippen LogP contribution in [0.1, 0.15) is 31.8 Å². The topological polar surface area (TPSA) is 169 Å². The highest BCUT2D eigenvalue weighted by atomic mass is 16.5. The molecule has 2 amide bonds. The van der Waals surface area contributed by atoms with Crippen molar-refractivity contribution in [1.29, 1.82) is 0 Å². The van der Waals surface area contributed by atoms with E-state index in [1.807, 2.05) is 0 Å². The lowest BCUT2D eigenvalue weighted by molar-refractivity contribution is -0.139. The van der Waals surface area contributed by atoms with E-state index in [-0.39, 0.29) is 41.5 Å². The Labute approximate surface area is 263 Å². The quantitative estimate of drug-likeness (QED) is 0.136. The SMILES string of the molecule is COc1ccc(CC(=O)Nc2ccc(C(=O)N(CC(=O)O)Cc3ccc(OC(=O)c4ccc(OCC(=O)O)cc4)cc3)cc2)cc1. The van der Waals surface area contributed by atoms with Gasteiger partial charge in [0.15, 0.2) is 6.61 Å². The third-order valence-corrected chi connectivity index (χ3v) is 6.51. The minimum atomic E-state index is -1.19. The number of nitrogens with one attached hydrogen (secondary N) is 1. The van der Waals surface area contributed by atoms with Crippen molar-refractivity contribution in [2.45, 2.75) is 13.0 Å². The summed E-state index contributed by atoms with van der Waals surface area (Å²) in [5.41, 5.74) is 2.33. The fourth-order valence-electron chi connectivity index (χ4n) is 4.26. The molecule has 0 fully saturated rings. The van der Waals surface area contributed by atoms with Gasteiger partial charge < -0.3 is 34.6 Å². The second kappa shape index (κ2) is 15.5. The Morgan fingerprint density at radius 3 is 1.83 bits per heavy atom. The highest BCUT2D eigenvalue weighted by molar-refractivity contribution is 5.97.